The van der Waals surface area contributed by atoms with Crippen molar-refractivity contribution in [2.24, 2.45) is 5.73 Å². The van der Waals surface area contributed by atoms with Crippen molar-refractivity contribution in [3.05, 3.63) is 12.4 Å². The van der Waals surface area contributed by atoms with E-state index in [1.165, 1.54) is 25.0 Å². The molecule has 2 N–H and O–H groups in total. The quantitative estimate of drug-likeness (QED) is 0.849. The van der Waals surface area contributed by atoms with Gasteiger partial charge in [-0.05, 0) is 18.6 Å². The minimum Gasteiger partial charge on any atom is -0.489 e. The summed E-state index contributed by atoms with van der Waals surface area (Å²) in [5, 5.41) is 4.83. The van der Waals surface area contributed by atoms with Gasteiger partial charge in [0.25, 0.3) is 0 Å². The Labute approximate surface area is 101 Å². The summed E-state index contributed by atoms with van der Waals surface area (Å²) < 4.78 is 7.55. The van der Waals surface area contributed by atoms with Gasteiger partial charge in [-0.1, -0.05) is 6.42 Å². The monoisotopic (exact) mass is 241 g/mol. The number of rotatable bonds is 5. The second-order valence-corrected chi connectivity index (χ2v) is 5.44. The smallest absolute Gasteiger partial charge is 0.157 e. The molecule has 16 heavy (non-hydrogen) atoms. The van der Waals surface area contributed by atoms with E-state index in [2.05, 4.69) is 5.10 Å². The van der Waals surface area contributed by atoms with E-state index < -0.39 is 0 Å². The fourth-order valence-electron chi connectivity index (χ4n) is 1.80. The van der Waals surface area contributed by atoms with Crippen LogP contribution in [0.2, 0.25) is 0 Å². The zero-order chi connectivity index (χ0) is 11.2. The molecule has 2 heterocycles. The van der Waals surface area contributed by atoms with Crippen molar-refractivity contribution in [3.8, 4) is 5.75 Å². The molecule has 1 unspecified atom stereocenters. The molecule has 1 aromatic rings. The van der Waals surface area contributed by atoms with E-state index in [9.17, 15) is 0 Å². The largest absolute Gasteiger partial charge is 0.489 e. The third-order valence-electron chi connectivity index (χ3n) is 2.68. The van der Waals surface area contributed by atoms with Crippen molar-refractivity contribution in [2.75, 3.05) is 18.9 Å². The lowest BCUT2D eigenvalue weighted by Gasteiger charge is -2.20. The average Bonchev–Trinajstić information content (AvgIpc) is 2.76. The van der Waals surface area contributed by atoms with Crippen molar-refractivity contribution in [2.45, 2.75) is 31.1 Å². The zero-order valence-electron chi connectivity index (χ0n) is 9.47. The summed E-state index contributed by atoms with van der Waals surface area (Å²) >= 11 is 2.03. The van der Waals surface area contributed by atoms with E-state index in [-0.39, 0.29) is 0 Å². The Kier molecular flexibility index (Phi) is 4.54. The topological polar surface area (TPSA) is 53.1 Å². The van der Waals surface area contributed by atoms with Gasteiger partial charge in [-0.2, -0.15) is 16.9 Å². The third-order valence-corrected chi connectivity index (χ3v) is 4.05. The van der Waals surface area contributed by atoms with E-state index in [0.29, 0.717) is 11.8 Å². The van der Waals surface area contributed by atoms with Crippen molar-refractivity contribution in [1.82, 2.24) is 9.78 Å². The fourth-order valence-corrected chi connectivity index (χ4v) is 3.00. The Morgan fingerprint density at radius 1 is 1.56 bits per heavy atom. The number of thioether (sulfide) groups is 1. The molecule has 1 aliphatic rings. The van der Waals surface area contributed by atoms with Crippen molar-refractivity contribution < 1.29 is 4.74 Å². The summed E-state index contributed by atoms with van der Waals surface area (Å²) in [4.78, 5) is 0. The molecule has 1 fully saturated rings. The van der Waals surface area contributed by atoms with Crippen LogP contribution in [0.25, 0.3) is 0 Å². The molecule has 0 amide bonds. The lowest BCUT2D eigenvalue weighted by molar-refractivity contribution is 0.308. The van der Waals surface area contributed by atoms with Gasteiger partial charge in [0.05, 0.1) is 18.9 Å². The molecule has 90 valence electrons. The van der Waals surface area contributed by atoms with Gasteiger partial charge in [-0.25, -0.2) is 0 Å². The Morgan fingerprint density at radius 3 is 3.25 bits per heavy atom. The molecule has 1 aliphatic heterocycles. The first kappa shape index (κ1) is 11.8. The number of hydrogen-bond acceptors (Lipinski definition) is 4. The summed E-state index contributed by atoms with van der Waals surface area (Å²) in [6.45, 7) is 2.17. The van der Waals surface area contributed by atoms with E-state index in [1.807, 2.05) is 22.6 Å². The molecule has 0 aromatic carbocycles. The van der Waals surface area contributed by atoms with Crippen LogP contribution < -0.4 is 10.5 Å². The first-order valence-corrected chi connectivity index (χ1v) is 6.90. The molecule has 2 rings (SSSR count). The van der Waals surface area contributed by atoms with Crippen LogP contribution in [0, 0.1) is 0 Å². The highest BCUT2D eigenvalue weighted by Gasteiger charge is 2.14. The molecule has 0 aliphatic carbocycles. The Morgan fingerprint density at radius 2 is 2.50 bits per heavy atom. The molecule has 1 aromatic heterocycles. The van der Waals surface area contributed by atoms with E-state index >= 15 is 0 Å². The van der Waals surface area contributed by atoms with Crippen LogP contribution in [0.4, 0.5) is 0 Å². The number of nitrogens with zero attached hydrogens (tertiary/aromatic N) is 2. The first-order valence-electron chi connectivity index (χ1n) is 5.85. The minimum absolute atomic E-state index is 0.611. The standard InChI is InChI=1S/C11H19N3OS/c12-4-5-14-8-10(7-13-14)15-9-11-3-1-2-6-16-11/h7-8,11H,1-6,9,12H2. The molecular formula is C11H19N3OS. The number of ether oxygens (including phenoxy) is 1. The maximum absolute atomic E-state index is 5.73. The molecule has 4 nitrogen and oxygen atoms in total. The lowest BCUT2D eigenvalue weighted by Crippen LogP contribution is -2.18. The van der Waals surface area contributed by atoms with Crippen LogP contribution in [0.1, 0.15) is 19.3 Å². The average molecular weight is 241 g/mol. The van der Waals surface area contributed by atoms with E-state index in [1.54, 1.807) is 6.20 Å². The van der Waals surface area contributed by atoms with E-state index in [4.69, 9.17) is 10.5 Å². The maximum Gasteiger partial charge on any atom is 0.157 e. The Hall–Kier alpha value is -0.680. The SMILES string of the molecule is NCCn1cc(OCC2CCCCS2)cn1. The summed E-state index contributed by atoms with van der Waals surface area (Å²) in [5.41, 5.74) is 5.46. The summed E-state index contributed by atoms with van der Waals surface area (Å²) in [6, 6.07) is 0. The number of aromatic nitrogens is 2. The van der Waals surface area contributed by atoms with Gasteiger partial charge in [-0.15, -0.1) is 0 Å². The van der Waals surface area contributed by atoms with Crippen LogP contribution >= 0.6 is 11.8 Å². The van der Waals surface area contributed by atoms with Crippen LogP contribution in [-0.4, -0.2) is 33.9 Å². The fraction of sp³-hybridized carbons (Fsp3) is 0.727. The summed E-state index contributed by atoms with van der Waals surface area (Å²) in [5.74, 6) is 2.14. The van der Waals surface area contributed by atoms with Gasteiger partial charge < -0.3 is 10.5 Å². The van der Waals surface area contributed by atoms with Crippen molar-refractivity contribution >= 4 is 11.8 Å². The second kappa shape index (κ2) is 6.15. The highest BCUT2D eigenvalue weighted by molar-refractivity contribution is 7.99. The van der Waals surface area contributed by atoms with Gasteiger partial charge >= 0.3 is 0 Å². The second-order valence-electron chi connectivity index (χ2n) is 4.03. The predicted molar refractivity (Wildman–Crippen MR) is 66.9 cm³/mol. The van der Waals surface area contributed by atoms with Crippen LogP contribution in [0.5, 0.6) is 5.75 Å². The summed E-state index contributed by atoms with van der Waals surface area (Å²) in [7, 11) is 0. The first-order chi connectivity index (χ1) is 7.88. The van der Waals surface area contributed by atoms with Gasteiger partial charge in [-0.3, -0.25) is 4.68 Å². The molecule has 1 atom stereocenters. The van der Waals surface area contributed by atoms with Gasteiger partial charge in [0.1, 0.15) is 6.61 Å². The van der Waals surface area contributed by atoms with Gasteiger partial charge in [0, 0.05) is 11.8 Å². The molecule has 5 heteroatoms. The third kappa shape index (κ3) is 3.42. The van der Waals surface area contributed by atoms with E-state index in [0.717, 1.165) is 18.9 Å². The van der Waals surface area contributed by atoms with Crippen LogP contribution in [-0.2, 0) is 6.54 Å². The minimum atomic E-state index is 0.611. The Balaban J connectivity index is 1.75. The molecule has 0 spiro atoms. The number of hydrogen-bond donors (Lipinski definition) is 1. The molecular weight excluding hydrogens is 222 g/mol. The Bertz CT molecular complexity index is 310. The molecule has 0 saturated carbocycles. The lowest BCUT2D eigenvalue weighted by atomic mass is 10.2. The van der Waals surface area contributed by atoms with Crippen molar-refractivity contribution in [1.29, 1.82) is 0 Å². The predicted octanol–water partition coefficient (Wildman–Crippen LogP) is 1.51. The van der Waals surface area contributed by atoms with Crippen LogP contribution in [0.15, 0.2) is 12.4 Å². The van der Waals surface area contributed by atoms with Crippen molar-refractivity contribution in [3.63, 3.8) is 0 Å². The summed E-state index contributed by atoms with van der Waals surface area (Å²) in [6.07, 6.45) is 7.66. The maximum atomic E-state index is 5.73. The van der Waals surface area contributed by atoms with Gasteiger partial charge in [0.2, 0.25) is 0 Å². The number of nitrogens with two attached hydrogens (primary N) is 1. The zero-order valence-corrected chi connectivity index (χ0v) is 10.3. The highest BCUT2D eigenvalue weighted by Crippen LogP contribution is 2.25. The normalized spacial score (nSPS) is 20.9. The molecule has 1 saturated heterocycles. The highest BCUT2D eigenvalue weighted by atomic mass is 32.2. The molecule has 0 radical (unpaired) electrons. The van der Waals surface area contributed by atoms with Crippen LogP contribution in [0.3, 0.4) is 0 Å². The molecule has 0 bridgehead atoms. The van der Waals surface area contributed by atoms with Gasteiger partial charge in [0.15, 0.2) is 5.75 Å².